The van der Waals surface area contributed by atoms with Crippen LogP contribution in [0.15, 0.2) is 42.5 Å². The highest BCUT2D eigenvalue weighted by Crippen LogP contribution is 2.29. The van der Waals surface area contributed by atoms with Crippen LogP contribution in [-0.4, -0.2) is 42.1 Å². The van der Waals surface area contributed by atoms with Crippen LogP contribution in [0.3, 0.4) is 0 Å². The molecule has 30 heavy (non-hydrogen) atoms. The third-order valence-corrected chi connectivity index (χ3v) is 4.35. The molecule has 2 aromatic carbocycles. The minimum absolute atomic E-state index is 0.0947. The molecule has 0 saturated carbocycles. The molecular formula is C20H19N3O7. The van der Waals surface area contributed by atoms with E-state index < -0.39 is 22.9 Å². The van der Waals surface area contributed by atoms with Crippen LogP contribution in [0.4, 0.5) is 11.4 Å². The van der Waals surface area contributed by atoms with Crippen molar-refractivity contribution in [2.45, 2.75) is 13.0 Å². The molecule has 1 unspecified atom stereocenters. The molecule has 0 fully saturated rings. The summed E-state index contributed by atoms with van der Waals surface area (Å²) in [5.41, 5.74) is 0.729. The molecule has 0 saturated heterocycles. The van der Waals surface area contributed by atoms with Gasteiger partial charge in [0.2, 0.25) is 0 Å². The molecule has 3 aromatic rings. The molecule has 0 bridgehead atoms. The van der Waals surface area contributed by atoms with E-state index >= 15 is 0 Å². The lowest BCUT2D eigenvalue weighted by atomic mass is 10.2. The quantitative estimate of drug-likeness (QED) is 0.345. The molecule has 0 aliphatic rings. The van der Waals surface area contributed by atoms with Gasteiger partial charge < -0.3 is 24.5 Å². The number of benzene rings is 2. The number of anilines is 1. The zero-order valence-electron chi connectivity index (χ0n) is 16.4. The Morgan fingerprint density at radius 1 is 1.10 bits per heavy atom. The van der Waals surface area contributed by atoms with E-state index in [2.05, 4.69) is 10.3 Å². The van der Waals surface area contributed by atoms with Gasteiger partial charge in [-0.1, -0.05) is 0 Å². The highest BCUT2D eigenvalue weighted by Gasteiger charge is 2.22. The minimum Gasteiger partial charge on any atom is -0.497 e. The summed E-state index contributed by atoms with van der Waals surface area (Å²) in [6.45, 7) is 1.39. The summed E-state index contributed by atoms with van der Waals surface area (Å²) in [5.74, 6) is -0.529. The van der Waals surface area contributed by atoms with Gasteiger partial charge in [-0.25, -0.2) is 4.79 Å². The summed E-state index contributed by atoms with van der Waals surface area (Å²) in [7, 11) is 2.90. The van der Waals surface area contributed by atoms with E-state index in [9.17, 15) is 19.7 Å². The van der Waals surface area contributed by atoms with Crippen LogP contribution in [-0.2, 0) is 9.53 Å². The van der Waals surface area contributed by atoms with Gasteiger partial charge in [-0.05, 0) is 31.2 Å². The summed E-state index contributed by atoms with van der Waals surface area (Å²) < 4.78 is 15.5. The van der Waals surface area contributed by atoms with Crippen LogP contribution in [0.1, 0.15) is 17.4 Å². The Hall–Kier alpha value is -4.08. The molecule has 1 atom stereocenters. The average Bonchev–Trinajstić information content (AvgIpc) is 3.16. The van der Waals surface area contributed by atoms with Crippen molar-refractivity contribution in [1.82, 2.24) is 4.98 Å². The standard InChI is InChI=1S/C20H19N3O7/c1-11(19(24)22-16-9-13(23(26)27)5-7-18(16)29-3)30-20(25)17-8-12-4-6-14(28-2)10-15(12)21-17/h4-11,21H,1-3H3,(H,22,24). The number of aromatic amines is 1. The second-order valence-electron chi connectivity index (χ2n) is 6.31. The zero-order chi connectivity index (χ0) is 21.8. The van der Waals surface area contributed by atoms with E-state index in [1.54, 1.807) is 24.3 Å². The van der Waals surface area contributed by atoms with Crippen LogP contribution in [0.5, 0.6) is 11.5 Å². The monoisotopic (exact) mass is 413 g/mol. The van der Waals surface area contributed by atoms with Gasteiger partial charge in [0.15, 0.2) is 6.10 Å². The minimum atomic E-state index is -1.16. The highest BCUT2D eigenvalue weighted by atomic mass is 16.6. The van der Waals surface area contributed by atoms with E-state index in [1.165, 1.54) is 33.3 Å². The molecular weight excluding hydrogens is 394 g/mol. The van der Waals surface area contributed by atoms with Crippen LogP contribution >= 0.6 is 0 Å². The summed E-state index contributed by atoms with van der Waals surface area (Å²) in [6, 6.07) is 10.7. The van der Waals surface area contributed by atoms with Gasteiger partial charge in [0, 0.05) is 29.1 Å². The number of amides is 1. The normalized spacial score (nSPS) is 11.6. The van der Waals surface area contributed by atoms with Gasteiger partial charge >= 0.3 is 5.97 Å². The largest absolute Gasteiger partial charge is 0.497 e. The maximum Gasteiger partial charge on any atom is 0.355 e. The summed E-state index contributed by atoms with van der Waals surface area (Å²) >= 11 is 0. The number of esters is 1. The van der Waals surface area contributed by atoms with E-state index in [-0.39, 0.29) is 22.8 Å². The van der Waals surface area contributed by atoms with Gasteiger partial charge in [0.1, 0.15) is 17.2 Å². The maximum absolute atomic E-state index is 12.4. The molecule has 0 aliphatic carbocycles. The fourth-order valence-corrected chi connectivity index (χ4v) is 2.76. The fraction of sp³-hybridized carbons (Fsp3) is 0.200. The van der Waals surface area contributed by atoms with Gasteiger partial charge in [0.05, 0.1) is 24.8 Å². The summed E-state index contributed by atoms with van der Waals surface area (Å²) in [6.07, 6.45) is -1.16. The number of fused-ring (bicyclic) bond motifs is 1. The number of carbonyl (C=O) groups is 2. The number of methoxy groups -OCH3 is 2. The third kappa shape index (κ3) is 4.32. The first-order chi connectivity index (χ1) is 14.3. The molecule has 1 heterocycles. The number of hydrogen-bond donors (Lipinski definition) is 2. The second-order valence-corrected chi connectivity index (χ2v) is 6.31. The van der Waals surface area contributed by atoms with Crippen molar-refractivity contribution in [3.8, 4) is 11.5 Å². The van der Waals surface area contributed by atoms with Crippen LogP contribution in [0.25, 0.3) is 10.9 Å². The molecule has 10 heteroatoms. The first-order valence-electron chi connectivity index (χ1n) is 8.83. The Kier molecular flexibility index (Phi) is 5.86. The lowest BCUT2D eigenvalue weighted by Gasteiger charge is -2.14. The number of nitro groups is 1. The summed E-state index contributed by atoms with van der Waals surface area (Å²) in [4.78, 5) is 38.2. The van der Waals surface area contributed by atoms with Crippen molar-refractivity contribution >= 4 is 34.2 Å². The van der Waals surface area contributed by atoms with Crippen LogP contribution in [0.2, 0.25) is 0 Å². The van der Waals surface area contributed by atoms with Crippen molar-refractivity contribution in [2.24, 2.45) is 0 Å². The number of nitrogens with zero attached hydrogens (tertiary/aromatic N) is 1. The Bertz CT molecular complexity index is 1120. The van der Waals surface area contributed by atoms with Crippen molar-refractivity contribution < 1.29 is 28.7 Å². The number of nitrogens with one attached hydrogen (secondary N) is 2. The zero-order valence-corrected chi connectivity index (χ0v) is 16.4. The number of hydrogen-bond acceptors (Lipinski definition) is 7. The molecule has 156 valence electrons. The number of ether oxygens (including phenoxy) is 3. The number of nitro benzene ring substituents is 1. The smallest absolute Gasteiger partial charge is 0.355 e. The predicted molar refractivity (Wildman–Crippen MR) is 108 cm³/mol. The van der Waals surface area contributed by atoms with Gasteiger partial charge in [-0.2, -0.15) is 0 Å². The van der Waals surface area contributed by atoms with Crippen molar-refractivity contribution in [3.63, 3.8) is 0 Å². The Labute approximate surface area is 170 Å². The van der Waals surface area contributed by atoms with Crippen LogP contribution < -0.4 is 14.8 Å². The third-order valence-electron chi connectivity index (χ3n) is 4.35. The molecule has 10 nitrogen and oxygen atoms in total. The lowest BCUT2D eigenvalue weighted by Crippen LogP contribution is -2.30. The molecule has 0 aliphatic heterocycles. The molecule has 3 rings (SSSR count). The molecule has 0 radical (unpaired) electrons. The van der Waals surface area contributed by atoms with E-state index in [0.29, 0.717) is 11.3 Å². The Morgan fingerprint density at radius 3 is 2.53 bits per heavy atom. The highest BCUT2D eigenvalue weighted by molar-refractivity contribution is 5.99. The topological polar surface area (TPSA) is 133 Å². The van der Waals surface area contributed by atoms with Gasteiger partial charge in [-0.15, -0.1) is 0 Å². The van der Waals surface area contributed by atoms with Crippen molar-refractivity contribution in [1.29, 1.82) is 0 Å². The molecule has 2 N–H and O–H groups in total. The maximum atomic E-state index is 12.4. The second kappa shape index (κ2) is 8.52. The number of rotatable bonds is 7. The fourth-order valence-electron chi connectivity index (χ4n) is 2.76. The van der Waals surface area contributed by atoms with Crippen LogP contribution in [0, 0.1) is 10.1 Å². The van der Waals surface area contributed by atoms with E-state index in [0.717, 1.165) is 11.5 Å². The molecule has 0 spiro atoms. The summed E-state index contributed by atoms with van der Waals surface area (Å²) in [5, 5.41) is 14.2. The predicted octanol–water partition coefficient (Wildman–Crippen LogP) is 3.28. The Morgan fingerprint density at radius 2 is 1.87 bits per heavy atom. The lowest BCUT2D eigenvalue weighted by molar-refractivity contribution is -0.384. The van der Waals surface area contributed by atoms with E-state index in [1.807, 2.05) is 0 Å². The number of H-pyrrole nitrogens is 1. The SMILES string of the molecule is COc1ccc2cc(C(=O)OC(C)C(=O)Nc3cc([N+](=O)[O-])ccc3OC)[nH]c2c1. The van der Waals surface area contributed by atoms with Gasteiger partial charge in [0.25, 0.3) is 11.6 Å². The Balaban J connectivity index is 1.72. The van der Waals surface area contributed by atoms with Crippen molar-refractivity contribution in [3.05, 3.63) is 58.3 Å². The molecule has 1 aromatic heterocycles. The van der Waals surface area contributed by atoms with Gasteiger partial charge in [-0.3, -0.25) is 14.9 Å². The number of carbonyl (C=O) groups excluding carboxylic acids is 2. The first kappa shape index (κ1) is 20.6. The van der Waals surface area contributed by atoms with Crippen molar-refractivity contribution in [2.75, 3.05) is 19.5 Å². The first-order valence-corrected chi connectivity index (χ1v) is 8.83. The molecule has 1 amide bonds. The number of aromatic nitrogens is 1. The number of non-ortho nitro benzene ring substituents is 1. The average molecular weight is 413 g/mol. The van der Waals surface area contributed by atoms with E-state index in [4.69, 9.17) is 14.2 Å².